The Morgan fingerprint density at radius 2 is 2.27 bits per heavy atom. The first kappa shape index (κ1) is 10.5. The van der Waals surface area contributed by atoms with Crippen molar-refractivity contribution in [2.75, 3.05) is 20.3 Å². The number of methoxy groups -OCH3 is 1. The topological polar surface area (TPSA) is 30.5 Å². The Balaban J connectivity index is 2.00. The smallest absolute Gasteiger partial charge is 0.123 e. The van der Waals surface area contributed by atoms with Gasteiger partial charge in [0.25, 0.3) is 0 Å². The van der Waals surface area contributed by atoms with E-state index in [0.29, 0.717) is 6.04 Å². The molecule has 0 aromatic heterocycles. The van der Waals surface area contributed by atoms with E-state index in [9.17, 15) is 0 Å². The molecule has 15 heavy (non-hydrogen) atoms. The molecule has 3 heteroatoms. The molecule has 0 aliphatic carbocycles. The number of hydrogen-bond acceptors (Lipinski definition) is 3. The van der Waals surface area contributed by atoms with Crippen molar-refractivity contribution in [3.8, 4) is 5.75 Å². The number of nitrogens with one attached hydrogen (secondary N) is 1. The minimum Gasteiger partial charge on any atom is -0.496 e. The summed E-state index contributed by atoms with van der Waals surface area (Å²) in [4.78, 5) is 0. The highest BCUT2D eigenvalue weighted by Crippen LogP contribution is 2.19. The van der Waals surface area contributed by atoms with E-state index >= 15 is 0 Å². The SMILES string of the molecule is COc1ccc(C)cc1CNC1COC1. The average Bonchev–Trinajstić information content (AvgIpc) is 2.16. The third-order valence-corrected chi connectivity index (χ3v) is 2.66. The molecule has 1 N–H and O–H groups in total. The van der Waals surface area contributed by atoms with Crippen LogP contribution in [-0.4, -0.2) is 26.4 Å². The molecule has 1 aromatic rings. The molecule has 1 heterocycles. The molecule has 1 aliphatic heterocycles. The van der Waals surface area contributed by atoms with E-state index in [2.05, 4.69) is 24.4 Å². The Bertz CT molecular complexity index is 334. The zero-order valence-corrected chi connectivity index (χ0v) is 9.25. The maximum absolute atomic E-state index is 5.31. The molecule has 1 fully saturated rings. The molecule has 3 nitrogen and oxygen atoms in total. The van der Waals surface area contributed by atoms with E-state index < -0.39 is 0 Å². The summed E-state index contributed by atoms with van der Waals surface area (Å²) in [6.07, 6.45) is 0. The second-order valence-corrected chi connectivity index (χ2v) is 3.93. The van der Waals surface area contributed by atoms with E-state index in [1.54, 1.807) is 7.11 Å². The van der Waals surface area contributed by atoms with Crippen LogP contribution in [0.1, 0.15) is 11.1 Å². The van der Waals surface area contributed by atoms with Gasteiger partial charge in [-0.2, -0.15) is 0 Å². The van der Waals surface area contributed by atoms with Crippen molar-refractivity contribution in [3.63, 3.8) is 0 Å². The lowest BCUT2D eigenvalue weighted by Gasteiger charge is -2.27. The van der Waals surface area contributed by atoms with Crippen molar-refractivity contribution in [1.82, 2.24) is 5.32 Å². The second kappa shape index (κ2) is 4.64. The summed E-state index contributed by atoms with van der Waals surface area (Å²) >= 11 is 0. The lowest BCUT2D eigenvalue weighted by Crippen LogP contribution is -2.45. The van der Waals surface area contributed by atoms with Gasteiger partial charge >= 0.3 is 0 Å². The highest BCUT2D eigenvalue weighted by atomic mass is 16.5. The van der Waals surface area contributed by atoms with Gasteiger partial charge in [0.2, 0.25) is 0 Å². The van der Waals surface area contributed by atoms with Gasteiger partial charge < -0.3 is 14.8 Å². The molecule has 1 aromatic carbocycles. The number of rotatable bonds is 4. The van der Waals surface area contributed by atoms with Gasteiger partial charge in [0.1, 0.15) is 5.75 Å². The second-order valence-electron chi connectivity index (χ2n) is 3.93. The fourth-order valence-corrected chi connectivity index (χ4v) is 1.65. The van der Waals surface area contributed by atoms with Crippen LogP contribution in [0.15, 0.2) is 18.2 Å². The quantitative estimate of drug-likeness (QED) is 0.811. The van der Waals surface area contributed by atoms with Crippen LogP contribution < -0.4 is 10.1 Å². The van der Waals surface area contributed by atoms with Crippen molar-refractivity contribution >= 4 is 0 Å². The third-order valence-electron chi connectivity index (χ3n) is 2.66. The Labute approximate surface area is 90.4 Å². The van der Waals surface area contributed by atoms with Crippen LogP contribution in [0.2, 0.25) is 0 Å². The molecule has 0 spiro atoms. The molecule has 2 rings (SSSR count). The minimum atomic E-state index is 0.509. The first-order valence-electron chi connectivity index (χ1n) is 5.24. The Morgan fingerprint density at radius 1 is 1.47 bits per heavy atom. The Morgan fingerprint density at radius 3 is 2.87 bits per heavy atom. The Kier molecular flexibility index (Phi) is 3.23. The van der Waals surface area contributed by atoms with Crippen LogP contribution >= 0.6 is 0 Å². The fourth-order valence-electron chi connectivity index (χ4n) is 1.65. The molecule has 0 bridgehead atoms. The van der Waals surface area contributed by atoms with Gasteiger partial charge in [0, 0.05) is 12.1 Å². The first-order valence-corrected chi connectivity index (χ1v) is 5.24. The highest BCUT2D eigenvalue weighted by Gasteiger charge is 2.17. The van der Waals surface area contributed by atoms with E-state index in [1.165, 1.54) is 11.1 Å². The van der Waals surface area contributed by atoms with E-state index in [1.807, 2.05) is 6.07 Å². The van der Waals surface area contributed by atoms with Gasteiger partial charge in [-0.1, -0.05) is 17.7 Å². The lowest BCUT2D eigenvalue weighted by molar-refractivity contribution is -0.00584. The van der Waals surface area contributed by atoms with Gasteiger partial charge in [-0.25, -0.2) is 0 Å². The maximum Gasteiger partial charge on any atom is 0.123 e. The molecule has 1 saturated heterocycles. The normalized spacial score (nSPS) is 16.1. The van der Waals surface area contributed by atoms with Gasteiger partial charge in [-0.15, -0.1) is 0 Å². The number of benzene rings is 1. The average molecular weight is 207 g/mol. The van der Waals surface area contributed by atoms with E-state index in [4.69, 9.17) is 9.47 Å². The summed E-state index contributed by atoms with van der Waals surface area (Å²) in [5.41, 5.74) is 2.47. The molecule has 0 atom stereocenters. The first-order chi connectivity index (χ1) is 7.29. The lowest BCUT2D eigenvalue weighted by atomic mass is 10.1. The maximum atomic E-state index is 5.31. The van der Waals surface area contributed by atoms with Crippen LogP contribution in [0.3, 0.4) is 0 Å². The van der Waals surface area contributed by atoms with Crippen molar-refractivity contribution in [2.24, 2.45) is 0 Å². The molecular weight excluding hydrogens is 190 g/mol. The van der Waals surface area contributed by atoms with Crippen LogP contribution in [0.4, 0.5) is 0 Å². The van der Waals surface area contributed by atoms with Gasteiger partial charge in [0.15, 0.2) is 0 Å². The predicted molar refractivity (Wildman–Crippen MR) is 59.2 cm³/mol. The van der Waals surface area contributed by atoms with E-state index in [0.717, 1.165) is 25.5 Å². The number of aryl methyl sites for hydroxylation is 1. The molecule has 0 unspecified atom stereocenters. The summed E-state index contributed by atoms with van der Waals surface area (Å²) < 4.78 is 10.4. The number of hydrogen-bond donors (Lipinski definition) is 1. The molecule has 0 saturated carbocycles. The van der Waals surface area contributed by atoms with Gasteiger partial charge in [-0.3, -0.25) is 0 Å². The van der Waals surface area contributed by atoms with Crippen molar-refractivity contribution in [3.05, 3.63) is 29.3 Å². The third kappa shape index (κ3) is 2.49. The van der Waals surface area contributed by atoms with Crippen LogP contribution in [0, 0.1) is 6.92 Å². The molecule has 1 aliphatic rings. The molecule has 82 valence electrons. The summed E-state index contributed by atoms with van der Waals surface area (Å²) in [5, 5.41) is 3.43. The van der Waals surface area contributed by atoms with Crippen molar-refractivity contribution < 1.29 is 9.47 Å². The summed E-state index contributed by atoms with van der Waals surface area (Å²) in [6, 6.07) is 6.75. The monoisotopic (exact) mass is 207 g/mol. The summed E-state index contributed by atoms with van der Waals surface area (Å²) in [5.74, 6) is 0.952. The molecule has 0 amide bonds. The molecule has 0 radical (unpaired) electrons. The molecular formula is C12H17NO2. The van der Waals surface area contributed by atoms with Crippen molar-refractivity contribution in [1.29, 1.82) is 0 Å². The van der Waals surface area contributed by atoms with Crippen LogP contribution in [0.5, 0.6) is 5.75 Å². The van der Waals surface area contributed by atoms with Crippen LogP contribution in [0.25, 0.3) is 0 Å². The van der Waals surface area contributed by atoms with Crippen LogP contribution in [-0.2, 0) is 11.3 Å². The van der Waals surface area contributed by atoms with E-state index in [-0.39, 0.29) is 0 Å². The zero-order chi connectivity index (χ0) is 10.7. The predicted octanol–water partition coefficient (Wildman–Crippen LogP) is 1.49. The standard InChI is InChI=1S/C12H17NO2/c1-9-3-4-12(14-2)10(5-9)6-13-11-7-15-8-11/h3-5,11,13H,6-8H2,1-2H3. The number of ether oxygens (including phenoxy) is 2. The van der Waals surface area contributed by atoms with Crippen molar-refractivity contribution in [2.45, 2.75) is 19.5 Å². The van der Waals surface area contributed by atoms with Gasteiger partial charge in [0.05, 0.1) is 26.4 Å². The van der Waals surface area contributed by atoms with Gasteiger partial charge in [-0.05, 0) is 13.0 Å². The summed E-state index contributed by atoms with van der Waals surface area (Å²) in [7, 11) is 1.71. The Hall–Kier alpha value is -1.06. The minimum absolute atomic E-state index is 0.509. The largest absolute Gasteiger partial charge is 0.496 e. The highest BCUT2D eigenvalue weighted by molar-refractivity contribution is 5.36. The zero-order valence-electron chi connectivity index (χ0n) is 9.25. The summed E-state index contributed by atoms with van der Waals surface area (Å²) in [6.45, 7) is 4.59. The fraction of sp³-hybridized carbons (Fsp3) is 0.500.